The Morgan fingerprint density at radius 3 is 2.53 bits per heavy atom. The van der Waals surface area contributed by atoms with Crippen LogP contribution in [0.25, 0.3) is 10.9 Å². The first kappa shape index (κ1) is 22.9. The van der Waals surface area contributed by atoms with Crippen LogP contribution in [0.3, 0.4) is 0 Å². The molecule has 0 radical (unpaired) electrons. The highest BCUT2D eigenvalue weighted by atomic mass is 35.5. The average Bonchev–Trinajstić information content (AvgIpc) is 2.66. The van der Waals surface area contributed by atoms with Gasteiger partial charge in [0.05, 0.1) is 11.8 Å². The molecule has 0 saturated carbocycles. The number of pyridine rings is 1. The molecule has 1 heterocycles. The Morgan fingerprint density at radius 2 is 1.83 bits per heavy atom. The molecule has 0 spiro atoms. The summed E-state index contributed by atoms with van der Waals surface area (Å²) in [7, 11) is -3.70. The number of rotatable bonds is 5. The lowest BCUT2D eigenvalue weighted by Crippen LogP contribution is -2.37. The van der Waals surface area contributed by atoms with Gasteiger partial charge in [-0.2, -0.15) is 0 Å². The number of carbonyl (C=O) groups is 1. The summed E-state index contributed by atoms with van der Waals surface area (Å²) >= 11 is 0. The van der Waals surface area contributed by atoms with Crippen molar-refractivity contribution >= 4 is 45.4 Å². The van der Waals surface area contributed by atoms with Gasteiger partial charge in [-0.25, -0.2) is 13.2 Å². The number of benzene rings is 2. The molecule has 3 rings (SSSR count). The molecule has 0 aliphatic carbocycles. The SMILES string of the molecule is CS(=O)(=O)/N=C(\N)NC(=O)OCc1ccc(Oc2ccc3ncccc3c2)cc1.Cl. The zero-order chi connectivity index (χ0) is 20.9. The van der Waals surface area contributed by atoms with Crippen LogP contribution in [0.2, 0.25) is 0 Å². The Labute approximate surface area is 179 Å². The zero-order valence-electron chi connectivity index (χ0n) is 15.8. The van der Waals surface area contributed by atoms with Crippen LogP contribution in [0.5, 0.6) is 11.5 Å². The van der Waals surface area contributed by atoms with Crippen LogP contribution in [0, 0.1) is 0 Å². The first-order chi connectivity index (χ1) is 13.8. The summed E-state index contributed by atoms with van der Waals surface area (Å²) in [6.45, 7) is -0.0418. The van der Waals surface area contributed by atoms with Crippen LogP contribution < -0.4 is 15.8 Å². The highest BCUT2D eigenvalue weighted by molar-refractivity contribution is 7.89. The summed E-state index contributed by atoms with van der Waals surface area (Å²) in [4.78, 5) is 15.9. The molecule has 0 aliphatic heterocycles. The Balaban J connectivity index is 0.00000320. The number of ether oxygens (including phenoxy) is 2. The smallest absolute Gasteiger partial charge is 0.414 e. The van der Waals surface area contributed by atoms with Crippen LogP contribution in [0.15, 0.2) is 65.2 Å². The second kappa shape index (κ2) is 9.90. The van der Waals surface area contributed by atoms with Crippen LogP contribution >= 0.6 is 12.4 Å². The molecule has 0 atom stereocenters. The second-order valence-corrected chi connectivity index (χ2v) is 7.66. The number of amides is 1. The van der Waals surface area contributed by atoms with Crippen LogP contribution in [0.4, 0.5) is 4.79 Å². The van der Waals surface area contributed by atoms with Gasteiger partial charge in [-0.1, -0.05) is 18.2 Å². The van der Waals surface area contributed by atoms with Gasteiger partial charge in [-0.05, 0) is 42.0 Å². The number of fused-ring (bicyclic) bond motifs is 1. The molecule has 0 unspecified atom stereocenters. The maximum Gasteiger partial charge on any atom is 0.414 e. The van der Waals surface area contributed by atoms with Crippen molar-refractivity contribution in [3.05, 3.63) is 66.4 Å². The van der Waals surface area contributed by atoms with Crippen molar-refractivity contribution in [1.82, 2.24) is 10.3 Å². The lowest BCUT2D eigenvalue weighted by atomic mass is 10.2. The van der Waals surface area contributed by atoms with Crippen molar-refractivity contribution in [2.45, 2.75) is 6.61 Å². The Hall–Kier alpha value is -3.37. The van der Waals surface area contributed by atoms with Gasteiger partial charge in [0.2, 0.25) is 5.96 Å². The molecule has 0 fully saturated rings. The second-order valence-electron chi connectivity index (χ2n) is 6.01. The van der Waals surface area contributed by atoms with E-state index < -0.39 is 22.1 Å². The number of hydrogen-bond acceptors (Lipinski definition) is 6. The van der Waals surface area contributed by atoms with Crippen molar-refractivity contribution in [3.8, 4) is 11.5 Å². The molecule has 0 bridgehead atoms. The number of nitrogens with two attached hydrogens (primary N) is 1. The predicted octanol–water partition coefficient (Wildman–Crippen LogP) is 2.95. The van der Waals surface area contributed by atoms with Gasteiger partial charge in [0.25, 0.3) is 10.0 Å². The summed E-state index contributed by atoms with van der Waals surface area (Å²) < 4.78 is 35.8. The summed E-state index contributed by atoms with van der Waals surface area (Å²) in [5.74, 6) is 0.729. The van der Waals surface area contributed by atoms with Gasteiger partial charge in [0.1, 0.15) is 18.1 Å². The summed E-state index contributed by atoms with van der Waals surface area (Å²) in [5.41, 5.74) is 6.88. The molecule has 11 heteroatoms. The Kier molecular flexibility index (Phi) is 7.56. The topological polar surface area (TPSA) is 133 Å². The average molecular weight is 451 g/mol. The summed E-state index contributed by atoms with van der Waals surface area (Å²) in [6, 6.07) is 16.4. The third-order valence-corrected chi connectivity index (χ3v) is 4.13. The van der Waals surface area contributed by atoms with E-state index >= 15 is 0 Å². The first-order valence-electron chi connectivity index (χ1n) is 8.39. The van der Waals surface area contributed by atoms with Crippen molar-refractivity contribution in [1.29, 1.82) is 0 Å². The van der Waals surface area contributed by atoms with Crippen LogP contribution in [-0.2, 0) is 21.4 Å². The van der Waals surface area contributed by atoms with E-state index in [4.69, 9.17) is 15.2 Å². The standard InChI is InChI=1S/C19H18N4O5S.ClH/c1-29(25,26)23-18(20)22-19(24)27-12-13-4-6-15(7-5-13)28-16-8-9-17-14(11-16)3-2-10-21-17;/h2-11H,12H2,1H3,(H3,20,22,23,24);1H. The lowest BCUT2D eigenvalue weighted by molar-refractivity contribution is 0.145. The summed E-state index contributed by atoms with van der Waals surface area (Å²) in [6.07, 6.45) is 1.67. The van der Waals surface area contributed by atoms with E-state index in [0.717, 1.165) is 17.2 Å². The van der Waals surface area contributed by atoms with E-state index in [1.807, 2.05) is 35.6 Å². The van der Waals surface area contributed by atoms with Gasteiger partial charge in [0, 0.05) is 11.6 Å². The monoisotopic (exact) mass is 450 g/mol. The number of aromatic nitrogens is 1. The van der Waals surface area contributed by atoms with E-state index in [9.17, 15) is 13.2 Å². The van der Waals surface area contributed by atoms with Gasteiger partial charge in [-0.15, -0.1) is 16.8 Å². The number of hydrogen-bond donors (Lipinski definition) is 2. The van der Waals surface area contributed by atoms with Gasteiger partial charge >= 0.3 is 6.09 Å². The fourth-order valence-corrected chi connectivity index (χ4v) is 2.80. The lowest BCUT2D eigenvalue weighted by Gasteiger charge is -2.09. The normalized spacial score (nSPS) is 11.4. The molecule has 3 N–H and O–H groups in total. The summed E-state index contributed by atoms with van der Waals surface area (Å²) in [5, 5.41) is 2.99. The first-order valence-corrected chi connectivity index (χ1v) is 10.2. The number of carbonyl (C=O) groups excluding carboxylic acids is 1. The number of guanidine groups is 1. The molecule has 158 valence electrons. The fraction of sp³-hybridized carbons (Fsp3) is 0.105. The number of halogens is 1. The molecular formula is C19H19ClN4O5S. The third-order valence-electron chi connectivity index (χ3n) is 3.60. The molecule has 1 amide bonds. The predicted molar refractivity (Wildman–Crippen MR) is 115 cm³/mol. The molecular weight excluding hydrogens is 432 g/mol. The van der Waals surface area contributed by atoms with Crippen LogP contribution in [-0.4, -0.2) is 31.7 Å². The van der Waals surface area contributed by atoms with E-state index in [1.54, 1.807) is 30.5 Å². The Bertz CT molecular complexity index is 1170. The van der Waals surface area contributed by atoms with Crippen molar-refractivity contribution in [2.75, 3.05) is 6.26 Å². The number of nitrogens with zero attached hydrogens (tertiary/aromatic N) is 2. The van der Waals surface area contributed by atoms with Gasteiger partial charge < -0.3 is 15.2 Å². The number of sulfonamides is 1. The number of nitrogens with one attached hydrogen (secondary N) is 1. The minimum absolute atomic E-state index is 0. The molecule has 30 heavy (non-hydrogen) atoms. The van der Waals surface area contributed by atoms with Gasteiger partial charge in [0.15, 0.2) is 0 Å². The maximum atomic E-state index is 11.6. The molecule has 2 aromatic carbocycles. The number of alkyl carbamates (subject to hydrolysis) is 1. The minimum atomic E-state index is -3.70. The Morgan fingerprint density at radius 1 is 1.13 bits per heavy atom. The quantitative estimate of drug-likeness (QED) is 0.451. The van der Waals surface area contributed by atoms with E-state index in [-0.39, 0.29) is 19.0 Å². The maximum absolute atomic E-state index is 11.6. The van der Waals surface area contributed by atoms with E-state index in [0.29, 0.717) is 17.1 Å². The minimum Gasteiger partial charge on any atom is -0.457 e. The molecule has 3 aromatic rings. The van der Waals surface area contributed by atoms with Crippen molar-refractivity contribution in [3.63, 3.8) is 0 Å². The fourth-order valence-electron chi connectivity index (χ4n) is 2.40. The zero-order valence-corrected chi connectivity index (χ0v) is 17.4. The molecule has 9 nitrogen and oxygen atoms in total. The largest absolute Gasteiger partial charge is 0.457 e. The van der Waals surface area contributed by atoms with Crippen LogP contribution in [0.1, 0.15) is 5.56 Å². The highest BCUT2D eigenvalue weighted by Crippen LogP contribution is 2.25. The van der Waals surface area contributed by atoms with Crippen molar-refractivity contribution < 1.29 is 22.7 Å². The highest BCUT2D eigenvalue weighted by Gasteiger charge is 2.07. The van der Waals surface area contributed by atoms with E-state index in [1.165, 1.54) is 0 Å². The molecule has 0 saturated heterocycles. The van der Waals surface area contributed by atoms with E-state index in [2.05, 4.69) is 9.38 Å². The molecule has 0 aliphatic rings. The van der Waals surface area contributed by atoms with Crippen molar-refractivity contribution in [2.24, 2.45) is 10.1 Å². The third kappa shape index (κ3) is 6.90. The van der Waals surface area contributed by atoms with Gasteiger partial charge in [-0.3, -0.25) is 10.3 Å². The molecule has 1 aromatic heterocycles.